The predicted octanol–water partition coefficient (Wildman–Crippen LogP) is 6.03. The SMILES string of the molecule is [B]OC(=O)C1=C(C[N+]2(CCNC(=O)c3ccc(OCc4ccc(OC)cc4)c(OCc4ccc(OC)cc4)c3Cl)CCCC2)CS[C@@H]2[C@H](CC(=O)/C(=N\OCc3ccccc3[B]OC=O)c3csc(C)n3)C(=O)N12. The Balaban J connectivity index is 0.940. The summed E-state index contributed by atoms with van der Waals surface area (Å²) in [5.41, 5.74) is 4.18. The molecule has 74 heavy (non-hydrogen) atoms. The van der Waals surface area contributed by atoms with Crippen LogP contribution in [0, 0.1) is 12.8 Å². The summed E-state index contributed by atoms with van der Waals surface area (Å²) in [5, 5.41) is 9.19. The van der Waals surface area contributed by atoms with E-state index in [1.807, 2.05) is 48.5 Å². The molecule has 381 valence electrons. The molecule has 3 aliphatic rings. The first-order valence-corrected chi connectivity index (χ1v) is 26.0. The van der Waals surface area contributed by atoms with Crippen LogP contribution in [-0.2, 0) is 53.1 Å². The highest BCUT2D eigenvalue weighted by Gasteiger charge is 2.55. The number of benzene rings is 4. The summed E-state index contributed by atoms with van der Waals surface area (Å²) in [6, 6.07) is 25.2. The fourth-order valence-electron chi connectivity index (χ4n) is 9.14. The number of fused-ring (bicyclic) bond motifs is 1. The first-order chi connectivity index (χ1) is 35.9. The Morgan fingerprint density at radius 2 is 1.64 bits per heavy atom. The molecule has 0 aliphatic carbocycles. The van der Waals surface area contributed by atoms with E-state index in [4.69, 9.17) is 52.7 Å². The van der Waals surface area contributed by atoms with E-state index in [1.165, 1.54) is 35.5 Å². The number of halogens is 1. The minimum absolute atomic E-state index is 0.0510. The van der Waals surface area contributed by atoms with E-state index < -0.39 is 34.9 Å². The molecule has 4 aromatic carbocycles. The van der Waals surface area contributed by atoms with Gasteiger partial charge < -0.3 is 42.9 Å². The largest absolute Gasteiger partial charge is 0.539 e. The van der Waals surface area contributed by atoms with Crippen LogP contribution in [0.2, 0.25) is 5.02 Å². The quantitative estimate of drug-likeness (QED) is 0.0178. The van der Waals surface area contributed by atoms with Gasteiger partial charge in [-0.3, -0.25) is 24.1 Å². The van der Waals surface area contributed by atoms with Crippen molar-refractivity contribution in [2.75, 3.05) is 52.7 Å². The molecular formula is C52H52B2ClN5O12S2+. The second-order valence-corrected chi connectivity index (χ2v) is 20.2. The lowest BCUT2D eigenvalue weighted by atomic mass is 9.84. The second-order valence-electron chi connectivity index (χ2n) is 17.7. The van der Waals surface area contributed by atoms with Crippen LogP contribution in [0.25, 0.3) is 0 Å². The molecule has 1 N–H and O–H groups in total. The highest BCUT2D eigenvalue weighted by atomic mass is 35.5. The highest BCUT2D eigenvalue weighted by molar-refractivity contribution is 8.00. The van der Waals surface area contributed by atoms with Crippen molar-refractivity contribution < 1.29 is 61.5 Å². The number of aryl methyl sites for hydroxylation is 1. The molecule has 2 atom stereocenters. The molecule has 2 amide bonds. The zero-order valence-corrected chi connectivity index (χ0v) is 43.3. The summed E-state index contributed by atoms with van der Waals surface area (Å²) in [4.78, 5) is 77.9. The number of likely N-dealkylation sites (tertiary alicyclic amines) is 1. The van der Waals surface area contributed by atoms with E-state index in [-0.39, 0.29) is 60.5 Å². The fourth-order valence-corrected chi connectivity index (χ4v) is 11.4. The van der Waals surface area contributed by atoms with Crippen LogP contribution in [0.3, 0.4) is 0 Å². The van der Waals surface area contributed by atoms with E-state index in [0.29, 0.717) is 74.3 Å². The van der Waals surface area contributed by atoms with Crippen LogP contribution in [0.1, 0.15) is 57.0 Å². The van der Waals surface area contributed by atoms with Gasteiger partial charge in [0.15, 0.2) is 23.0 Å². The predicted molar refractivity (Wildman–Crippen MR) is 280 cm³/mol. The Bertz CT molecular complexity index is 2920. The van der Waals surface area contributed by atoms with Crippen molar-refractivity contribution in [2.45, 2.75) is 51.4 Å². The molecule has 17 nitrogen and oxygen atoms in total. The molecule has 8 rings (SSSR count). The van der Waals surface area contributed by atoms with Crippen molar-refractivity contribution in [2.24, 2.45) is 11.1 Å². The number of quaternary nitrogens is 1. The van der Waals surface area contributed by atoms with Crippen molar-refractivity contribution in [1.82, 2.24) is 15.2 Å². The molecule has 2 fully saturated rings. The maximum atomic E-state index is 14.1. The highest BCUT2D eigenvalue weighted by Crippen LogP contribution is 2.46. The molecule has 2 saturated heterocycles. The molecule has 3 radical (unpaired) electrons. The number of ether oxygens (including phenoxy) is 4. The Hall–Kier alpha value is -6.80. The summed E-state index contributed by atoms with van der Waals surface area (Å²) in [5.74, 6) is -0.577. The van der Waals surface area contributed by atoms with Crippen molar-refractivity contribution in [3.8, 4) is 23.0 Å². The number of ketones is 1. The van der Waals surface area contributed by atoms with Gasteiger partial charge >= 0.3 is 21.5 Å². The molecule has 22 heteroatoms. The number of hydrogen-bond acceptors (Lipinski definition) is 16. The molecule has 0 saturated carbocycles. The number of amides is 2. The third-order valence-electron chi connectivity index (χ3n) is 13.0. The number of rotatable bonds is 25. The fraction of sp³-hybridized carbons (Fsp3) is 0.327. The minimum atomic E-state index is -0.852. The van der Waals surface area contributed by atoms with Crippen molar-refractivity contribution >= 4 is 91.4 Å². The van der Waals surface area contributed by atoms with Crippen molar-refractivity contribution in [1.29, 1.82) is 0 Å². The van der Waals surface area contributed by atoms with Gasteiger partial charge in [-0.05, 0) is 65.5 Å². The number of thioether (sulfide) groups is 1. The topological polar surface area (TPSA) is 190 Å². The number of aromatic nitrogens is 1. The number of methoxy groups -OCH3 is 2. The lowest BCUT2D eigenvalue weighted by molar-refractivity contribution is -0.911. The lowest BCUT2D eigenvalue weighted by Gasteiger charge is -2.50. The van der Waals surface area contributed by atoms with Crippen LogP contribution in [0.15, 0.2) is 107 Å². The molecular weight excluding hydrogens is 1010 g/mol. The van der Waals surface area contributed by atoms with Gasteiger partial charge in [-0.2, -0.15) is 0 Å². The van der Waals surface area contributed by atoms with Gasteiger partial charge in [0.25, 0.3) is 12.4 Å². The average Bonchev–Trinajstić information content (AvgIpc) is 4.09. The Labute approximate surface area is 443 Å². The summed E-state index contributed by atoms with van der Waals surface area (Å²) in [6.07, 6.45) is 1.62. The number of β-lactam (4-membered cyclic amide) rings is 1. The standard InChI is InChI=1S/C52H51B2ClN5O12S2/c1-32-57-42(30-73-32)46(58-71-28-35-8-4-5-9-41(35)54-70-31-61)43(62)24-40-50(64)59-47(52(65)72-53)36(29-74-51(40)59)25-60(21-6-7-22-60)23-20-56-49(63)39-18-19-44(68-26-33-10-14-37(66-2)15-11-33)48(45(39)55)69-27-34-12-16-38(67-3)17-13-34/h4-5,8-19,30-31,40,51H,6-7,20-29H2,1-3H3/p+1/b58-46-/t40-,51-/m1/s1. The van der Waals surface area contributed by atoms with Crippen molar-refractivity contribution in [3.05, 3.63) is 140 Å². The van der Waals surface area contributed by atoms with E-state index >= 15 is 0 Å². The molecule has 3 aliphatic heterocycles. The monoisotopic (exact) mass is 1060 g/mol. The lowest BCUT2D eigenvalue weighted by Crippen LogP contribution is -2.63. The average molecular weight is 1060 g/mol. The number of Topliss-reactive ketones (excluding diaryl/α,β-unsaturated/α-hetero) is 1. The number of hydrogen-bond donors (Lipinski definition) is 1. The number of carbonyl (C=O) groups is 5. The smallest absolute Gasteiger partial charge is 0.412 e. The summed E-state index contributed by atoms with van der Waals surface area (Å²) < 4.78 is 33.2. The van der Waals surface area contributed by atoms with Gasteiger partial charge in [0.1, 0.15) is 49.3 Å². The van der Waals surface area contributed by atoms with Crippen LogP contribution in [-0.4, -0.2) is 124 Å². The van der Waals surface area contributed by atoms with Gasteiger partial charge in [0, 0.05) is 36.0 Å². The third kappa shape index (κ3) is 12.6. The number of nitrogens with one attached hydrogen (secondary N) is 1. The zero-order valence-electron chi connectivity index (χ0n) is 40.9. The minimum Gasteiger partial charge on any atom is -0.539 e. The van der Waals surface area contributed by atoms with Crippen LogP contribution in [0.4, 0.5) is 0 Å². The maximum Gasteiger partial charge on any atom is 0.412 e. The van der Waals surface area contributed by atoms with Gasteiger partial charge in [-0.25, -0.2) is 9.78 Å². The number of carbonyl (C=O) groups excluding carboxylic acids is 5. The van der Waals surface area contributed by atoms with Crippen LogP contribution >= 0.6 is 34.7 Å². The van der Waals surface area contributed by atoms with Gasteiger partial charge in [-0.15, -0.1) is 23.1 Å². The van der Waals surface area contributed by atoms with Gasteiger partial charge in [0.05, 0.1) is 67.3 Å². The first-order valence-electron chi connectivity index (χ1n) is 23.7. The molecule has 5 aromatic rings. The van der Waals surface area contributed by atoms with E-state index in [0.717, 1.165) is 37.1 Å². The van der Waals surface area contributed by atoms with E-state index in [1.54, 1.807) is 62.9 Å². The zero-order chi connectivity index (χ0) is 52.2. The van der Waals surface area contributed by atoms with Crippen LogP contribution < -0.4 is 29.7 Å². The molecule has 1 aromatic heterocycles. The summed E-state index contributed by atoms with van der Waals surface area (Å²) in [7, 11) is 9.98. The number of nitrogens with zero attached hydrogens (tertiary/aromatic N) is 4. The second kappa shape index (κ2) is 25.0. The molecule has 4 heterocycles. The molecule has 0 unspecified atom stereocenters. The molecule has 0 spiro atoms. The van der Waals surface area contributed by atoms with Gasteiger partial charge in [-0.1, -0.05) is 65.3 Å². The number of thiazole rings is 1. The van der Waals surface area contributed by atoms with Crippen molar-refractivity contribution in [3.63, 3.8) is 0 Å². The van der Waals surface area contributed by atoms with Gasteiger partial charge in [0.2, 0.25) is 5.91 Å². The first kappa shape index (κ1) is 53.5. The number of oxime groups is 1. The summed E-state index contributed by atoms with van der Waals surface area (Å²) in [6.45, 7) is 5.11. The summed E-state index contributed by atoms with van der Waals surface area (Å²) >= 11 is 9.79. The Morgan fingerprint density at radius 1 is 0.946 bits per heavy atom. The maximum absolute atomic E-state index is 14.1. The Morgan fingerprint density at radius 3 is 2.28 bits per heavy atom. The molecule has 0 bridgehead atoms. The normalized spacial score (nSPS) is 16.8. The Kier molecular flexibility index (Phi) is 18.0. The third-order valence-corrected chi connectivity index (χ3v) is 15.5. The van der Waals surface area contributed by atoms with Crippen LogP contribution in [0.5, 0.6) is 23.0 Å². The van der Waals surface area contributed by atoms with E-state index in [9.17, 15) is 24.0 Å². The van der Waals surface area contributed by atoms with E-state index in [2.05, 4.69) is 15.5 Å².